The van der Waals surface area contributed by atoms with Crippen molar-refractivity contribution in [2.24, 2.45) is 5.73 Å². The number of nitrogens with two attached hydrogens (primary N) is 1. The predicted octanol–water partition coefficient (Wildman–Crippen LogP) is -0.335. The molecule has 72 valence electrons. The van der Waals surface area contributed by atoms with Gasteiger partial charge in [-0.15, -0.1) is 5.10 Å². The Labute approximate surface area is 74.7 Å². The van der Waals surface area contributed by atoms with Gasteiger partial charge in [-0.05, 0) is 12.8 Å². The molecule has 1 rings (SSSR count). The van der Waals surface area contributed by atoms with Gasteiger partial charge in [-0.3, -0.25) is 9.18 Å². The summed E-state index contributed by atoms with van der Waals surface area (Å²) in [6.07, 6.45) is 2.56. The van der Waals surface area contributed by atoms with E-state index in [0.717, 1.165) is 0 Å². The molecular formula is C7H11FN4O. The molecule has 0 aliphatic rings. The first-order valence-corrected chi connectivity index (χ1v) is 3.95. The first kappa shape index (κ1) is 9.63. The highest BCUT2D eigenvalue weighted by Crippen LogP contribution is 1.97. The molecule has 1 aromatic heterocycles. The fourth-order valence-corrected chi connectivity index (χ4v) is 0.938. The van der Waals surface area contributed by atoms with Crippen LogP contribution in [-0.4, -0.2) is 27.6 Å². The lowest BCUT2D eigenvalue weighted by Crippen LogP contribution is -2.18. The molecule has 0 aliphatic carbocycles. The first-order chi connectivity index (χ1) is 6.22. The first-order valence-electron chi connectivity index (χ1n) is 3.95. The molecule has 1 amide bonds. The van der Waals surface area contributed by atoms with Crippen LogP contribution in [0.1, 0.15) is 12.1 Å². The Balaban J connectivity index is 2.48. The van der Waals surface area contributed by atoms with Crippen molar-refractivity contribution in [3.63, 3.8) is 0 Å². The number of primary amides is 1. The second-order valence-electron chi connectivity index (χ2n) is 2.67. The Hall–Kier alpha value is -1.46. The van der Waals surface area contributed by atoms with Gasteiger partial charge in [0.15, 0.2) is 0 Å². The molecule has 0 bridgehead atoms. The zero-order chi connectivity index (χ0) is 9.68. The molecule has 1 heterocycles. The molecule has 1 aromatic rings. The van der Waals surface area contributed by atoms with Gasteiger partial charge in [0.25, 0.3) is 0 Å². The molecule has 0 spiro atoms. The molecule has 0 radical (unpaired) electrons. The van der Waals surface area contributed by atoms with Crippen molar-refractivity contribution in [3.8, 4) is 0 Å². The Kier molecular flexibility index (Phi) is 3.36. The zero-order valence-corrected chi connectivity index (χ0v) is 7.11. The molecule has 0 unspecified atom stereocenters. The molecule has 0 aromatic carbocycles. The number of hydrogen-bond donors (Lipinski definition) is 1. The molecular weight excluding hydrogens is 175 g/mol. The van der Waals surface area contributed by atoms with E-state index in [-0.39, 0.29) is 13.2 Å². The molecule has 6 heteroatoms. The highest BCUT2D eigenvalue weighted by molar-refractivity contribution is 5.73. The summed E-state index contributed by atoms with van der Waals surface area (Å²) >= 11 is 0. The van der Waals surface area contributed by atoms with Crippen molar-refractivity contribution in [1.29, 1.82) is 0 Å². The van der Waals surface area contributed by atoms with E-state index in [1.165, 1.54) is 4.68 Å². The number of alkyl halides is 1. The maximum Gasteiger partial charge on any atom is 0.239 e. The normalized spacial score (nSPS) is 10.2. The number of carbonyl (C=O) groups is 1. The van der Waals surface area contributed by atoms with E-state index in [1.807, 2.05) is 0 Å². The number of rotatable bonds is 5. The average molecular weight is 186 g/mol. The summed E-state index contributed by atoms with van der Waals surface area (Å²) in [5.41, 5.74) is 5.63. The van der Waals surface area contributed by atoms with E-state index < -0.39 is 5.91 Å². The standard InChI is InChI=1S/C7H11FN4O/c8-3-1-2-6-4-12(11-10-6)5-7(9)13/h4H,1-3,5H2,(H2,9,13). The average Bonchev–Trinajstić information content (AvgIpc) is 2.48. The minimum atomic E-state index is -0.470. The van der Waals surface area contributed by atoms with E-state index in [4.69, 9.17) is 5.73 Å². The van der Waals surface area contributed by atoms with Crippen molar-refractivity contribution in [2.75, 3.05) is 6.67 Å². The van der Waals surface area contributed by atoms with Crippen LogP contribution in [0, 0.1) is 0 Å². The largest absolute Gasteiger partial charge is 0.368 e. The molecule has 0 aliphatic heterocycles. The summed E-state index contributed by atoms with van der Waals surface area (Å²) in [5, 5.41) is 7.40. The van der Waals surface area contributed by atoms with Crippen molar-refractivity contribution in [3.05, 3.63) is 11.9 Å². The van der Waals surface area contributed by atoms with Crippen molar-refractivity contribution >= 4 is 5.91 Å². The van der Waals surface area contributed by atoms with Crippen molar-refractivity contribution in [1.82, 2.24) is 15.0 Å². The lowest BCUT2D eigenvalue weighted by molar-refractivity contribution is -0.118. The van der Waals surface area contributed by atoms with E-state index in [9.17, 15) is 9.18 Å². The lowest BCUT2D eigenvalue weighted by Gasteiger charge is -1.92. The van der Waals surface area contributed by atoms with Gasteiger partial charge in [-0.25, -0.2) is 4.68 Å². The molecule has 0 saturated heterocycles. The van der Waals surface area contributed by atoms with Crippen LogP contribution in [0.3, 0.4) is 0 Å². The Morgan fingerprint density at radius 1 is 1.69 bits per heavy atom. The second kappa shape index (κ2) is 4.54. The second-order valence-corrected chi connectivity index (χ2v) is 2.67. The monoisotopic (exact) mass is 186 g/mol. The fraction of sp³-hybridized carbons (Fsp3) is 0.571. The molecule has 0 saturated carbocycles. The molecule has 13 heavy (non-hydrogen) atoms. The topological polar surface area (TPSA) is 73.8 Å². The summed E-state index contributed by atoms with van der Waals surface area (Å²) < 4.78 is 13.1. The molecule has 2 N–H and O–H groups in total. The minimum absolute atomic E-state index is 0.0165. The number of halogens is 1. The van der Waals surface area contributed by atoms with Gasteiger partial charge in [-0.2, -0.15) is 0 Å². The van der Waals surface area contributed by atoms with Crippen LogP contribution >= 0.6 is 0 Å². The summed E-state index contributed by atoms with van der Waals surface area (Å²) in [7, 11) is 0. The maximum atomic E-state index is 11.8. The summed E-state index contributed by atoms with van der Waals surface area (Å²) in [4.78, 5) is 10.5. The number of carbonyl (C=O) groups excluding carboxylic acids is 1. The summed E-state index contributed by atoms with van der Waals surface area (Å²) in [5.74, 6) is -0.470. The Morgan fingerprint density at radius 2 is 2.46 bits per heavy atom. The van der Waals surface area contributed by atoms with E-state index in [0.29, 0.717) is 18.5 Å². The minimum Gasteiger partial charge on any atom is -0.368 e. The van der Waals surface area contributed by atoms with Crippen LogP contribution in [0.5, 0.6) is 0 Å². The number of hydrogen-bond acceptors (Lipinski definition) is 3. The molecule has 5 nitrogen and oxygen atoms in total. The van der Waals surface area contributed by atoms with Gasteiger partial charge in [0.2, 0.25) is 5.91 Å². The predicted molar refractivity (Wildman–Crippen MR) is 43.5 cm³/mol. The highest BCUT2D eigenvalue weighted by atomic mass is 19.1. The maximum absolute atomic E-state index is 11.8. The van der Waals surface area contributed by atoms with Gasteiger partial charge in [0.1, 0.15) is 6.54 Å². The SMILES string of the molecule is NC(=O)Cn1cc(CCCF)nn1. The zero-order valence-electron chi connectivity index (χ0n) is 7.11. The third kappa shape index (κ3) is 3.18. The molecule has 0 fully saturated rings. The smallest absolute Gasteiger partial charge is 0.239 e. The van der Waals surface area contributed by atoms with Gasteiger partial charge < -0.3 is 5.73 Å². The molecule has 0 atom stereocenters. The Bertz CT molecular complexity index is 286. The van der Waals surface area contributed by atoms with E-state index >= 15 is 0 Å². The number of nitrogens with zero attached hydrogens (tertiary/aromatic N) is 3. The van der Waals surface area contributed by atoms with E-state index in [2.05, 4.69) is 10.3 Å². The van der Waals surface area contributed by atoms with Gasteiger partial charge in [0, 0.05) is 6.20 Å². The fourth-order valence-electron chi connectivity index (χ4n) is 0.938. The summed E-state index contributed by atoms with van der Waals surface area (Å²) in [6, 6.07) is 0. The third-order valence-electron chi connectivity index (χ3n) is 1.47. The Morgan fingerprint density at radius 3 is 3.08 bits per heavy atom. The van der Waals surface area contributed by atoms with Crippen molar-refractivity contribution < 1.29 is 9.18 Å². The van der Waals surface area contributed by atoms with Gasteiger partial charge >= 0.3 is 0 Å². The van der Waals surface area contributed by atoms with Gasteiger partial charge in [-0.1, -0.05) is 5.21 Å². The summed E-state index contributed by atoms with van der Waals surface area (Å²) in [6.45, 7) is -0.356. The third-order valence-corrected chi connectivity index (χ3v) is 1.47. The lowest BCUT2D eigenvalue weighted by atomic mass is 10.3. The number of aryl methyl sites for hydroxylation is 1. The van der Waals surface area contributed by atoms with Crippen LogP contribution in [0.4, 0.5) is 4.39 Å². The van der Waals surface area contributed by atoms with E-state index in [1.54, 1.807) is 6.20 Å². The van der Waals surface area contributed by atoms with Crippen LogP contribution in [0.15, 0.2) is 6.20 Å². The van der Waals surface area contributed by atoms with Gasteiger partial charge in [0.05, 0.1) is 12.4 Å². The highest BCUT2D eigenvalue weighted by Gasteiger charge is 2.02. The quantitative estimate of drug-likeness (QED) is 0.684. The van der Waals surface area contributed by atoms with Crippen LogP contribution in [0.2, 0.25) is 0 Å². The number of amides is 1. The van der Waals surface area contributed by atoms with Crippen LogP contribution in [0.25, 0.3) is 0 Å². The van der Waals surface area contributed by atoms with Crippen molar-refractivity contribution in [2.45, 2.75) is 19.4 Å². The number of aromatic nitrogens is 3. The van der Waals surface area contributed by atoms with Crippen LogP contribution in [-0.2, 0) is 17.8 Å². The van der Waals surface area contributed by atoms with Crippen LogP contribution < -0.4 is 5.73 Å².